The van der Waals surface area contributed by atoms with E-state index >= 15 is 0 Å². The number of hydrogen-bond donors (Lipinski definition) is 0. The Labute approximate surface area is 190 Å². The Morgan fingerprint density at radius 2 is 1.38 bits per heavy atom. The Bertz CT molecular complexity index is 845. The number of benzene rings is 2. The number of carbonyl (C=O) groups excluding carboxylic acids is 1. The molecular weight excluding hydrogens is 406 g/mol. The number of esters is 1. The van der Waals surface area contributed by atoms with Crippen LogP contribution in [0.2, 0.25) is 0 Å². The average molecular weight is 440 g/mol. The van der Waals surface area contributed by atoms with Crippen LogP contribution in [0.15, 0.2) is 60.7 Å². The van der Waals surface area contributed by atoms with Crippen LogP contribution in [0.25, 0.3) is 0 Å². The van der Waals surface area contributed by atoms with Gasteiger partial charge in [0, 0.05) is 31.1 Å². The number of rotatable bonds is 7. The molecule has 0 aromatic heterocycles. The van der Waals surface area contributed by atoms with Crippen molar-refractivity contribution < 1.29 is 14.5 Å². The molecule has 1 saturated heterocycles. The summed E-state index contributed by atoms with van der Waals surface area (Å²) < 4.78 is 5.48. The standard InChI is InChI=1S/C25H33N3O4/c1-24(2,3)32-23(29)16-25(28(30)31)19-26(17-21-10-6-4-7-11-21)14-15-27(20-25)18-22-12-8-5-9-13-22/h4-13H,14-20H2,1-3H3. The summed E-state index contributed by atoms with van der Waals surface area (Å²) in [6.07, 6.45) is -0.256. The van der Waals surface area contributed by atoms with Gasteiger partial charge in [0.25, 0.3) is 5.54 Å². The minimum absolute atomic E-state index is 0.194. The SMILES string of the molecule is CC(C)(C)OC(=O)CC1([N+](=O)[O-])CN(Cc2ccccc2)CCN(Cc2ccccc2)C1. The summed E-state index contributed by atoms with van der Waals surface area (Å²) in [5.41, 5.74) is 0.0622. The lowest BCUT2D eigenvalue weighted by Crippen LogP contribution is -2.54. The van der Waals surface area contributed by atoms with Crippen molar-refractivity contribution in [1.82, 2.24) is 9.80 Å². The molecule has 0 aliphatic carbocycles. The Hall–Kier alpha value is -2.77. The molecule has 2 aromatic carbocycles. The monoisotopic (exact) mass is 439 g/mol. The van der Waals surface area contributed by atoms with Gasteiger partial charge in [0.05, 0.1) is 13.1 Å². The number of hydrogen-bond acceptors (Lipinski definition) is 6. The molecule has 1 aliphatic rings. The normalized spacial score (nSPS) is 17.5. The molecular formula is C25H33N3O4. The highest BCUT2D eigenvalue weighted by atomic mass is 16.6. The molecule has 7 nitrogen and oxygen atoms in total. The van der Waals surface area contributed by atoms with Crippen LogP contribution in [0.5, 0.6) is 0 Å². The minimum atomic E-state index is -1.44. The second kappa shape index (κ2) is 10.2. The zero-order valence-corrected chi connectivity index (χ0v) is 19.2. The van der Waals surface area contributed by atoms with Gasteiger partial charge in [0.2, 0.25) is 0 Å². The van der Waals surface area contributed by atoms with E-state index in [0.29, 0.717) is 26.2 Å². The lowest BCUT2D eigenvalue weighted by atomic mass is 9.94. The fourth-order valence-corrected chi connectivity index (χ4v) is 4.21. The van der Waals surface area contributed by atoms with Crippen LogP contribution in [0.1, 0.15) is 38.3 Å². The quantitative estimate of drug-likeness (QED) is 0.372. The second-order valence-electron chi connectivity index (χ2n) is 9.64. The first-order chi connectivity index (χ1) is 15.2. The summed E-state index contributed by atoms with van der Waals surface area (Å²) in [6.45, 7) is 8.30. The van der Waals surface area contributed by atoms with E-state index in [1.807, 2.05) is 60.7 Å². The highest BCUT2D eigenvalue weighted by Crippen LogP contribution is 2.26. The maximum atomic E-state index is 12.7. The first-order valence-electron chi connectivity index (χ1n) is 11.0. The second-order valence-corrected chi connectivity index (χ2v) is 9.64. The first-order valence-corrected chi connectivity index (χ1v) is 11.0. The number of nitrogens with zero attached hydrogens (tertiary/aromatic N) is 3. The van der Waals surface area contributed by atoms with Gasteiger partial charge in [-0.1, -0.05) is 60.7 Å². The molecule has 3 rings (SSSR count). The maximum absolute atomic E-state index is 12.7. The summed E-state index contributed by atoms with van der Waals surface area (Å²) in [4.78, 5) is 29.1. The molecule has 0 amide bonds. The van der Waals surface area contributed by atoms with E-state index < -0.39 is 17.1 Å². The molecule has 0 radical (unpaired) electrons. The molecule has 32 heavy (non-hydrogen) atoms. The van der Waals surface area contributed by atoms with Gasteiger partial charge in [-0.3, -0.25) is 24.7 Å². The Morgan fingerprint density at radius 3 is 1.75 bits per heavy atom. The van der Waals surface area contributed by atoms with Crippen molar-refractivity contribution in [2.45, 2.75) is 51.4 Å². The van der Waals surface area contributed by atoms with Crippen molar-refractivity contribution in [2.75, 3.05) is 26.2 Å². The molecule has 1 aliphatic heterocycles. The van der Waals surface area contributed by atoms with Crippen LogP contribution in [-0.4, -0.2) is 58.0 Å². The molecule has 0 bridgehead atoms. The third-order valence-electron chi connectivity index (χ3n) is 5.55. The molecule has 0 saturated carbocycles. The van der Waals surface area contributed by atoms with E-state index in [1.165, 1.54) is 0 Å². The molecule has 1 fully saturated rings. The summed E-state index contributed by atoms with van der Waals surface area (Å²) in [7, 11) is 0. The topological polar surface area (TPSA) is 75.9 Å². The van der Waals surface area contributed by atoms with Crippen molar-refractivity contribution in [3.8, 4) is 0 Å². The molecule has 7 heteroatoms. The molecule has 0 unspecified atom stereocenters. The van der Waals surface area contributed by atoms with Gasteiger partial charge < -0.3 is 4.74 Å². The molecule has 0 N–H and O–H groups in total. The molecule has 0 spiro atoms. The van der Waals surface area contributed by atoms with E-state index in [-0.39, 0.29) is 24.4 Å². The van der Waals surface area contributed by atoms with Crippen LogP contribution in [0.4, 0.5) is 0 Å². The lowest BCUT2D eigenvalue weighted by Gasteiger charge is -2.31. The van der Waals surface area contributed by atoms with Crippen LogP contribution < -0.4 is 0 Å². The van der Waals surface area contributed by atoms with Crippen LogP contribution in [-0.2, 0) is 22.6 Å². The van der Waals surface area contributed by atoms with Crippen molar-refractivity contribution in [3.05, 3.63) is 81.9 Å². The largest absolute Gasteiger partial charge is 0.460 e. The zero-order valence-electron chi connectivity index (χ0n) is 19.2. The first kappa shape index (κ1) is 23.9. The molecule has 172 valence electrons. The third kappa shape index (κ3) is 6.87. The number of carbonyl (C=O) groups is 1. The van der Waals surface area contributed by atoms with Gasteiger partial charge in [-0.15, -0.1) is 0 Å². The van der Waals surface area contributed by atoms with Crippen molar-refractivity contribution in [2.24, 2.45) is 0 Å². The van der Waals surface area contributed by atoms with E-state index in [2.05, 4.69) is 9.80 Å². The van der Waals surface area contributed by atoms with E-state index in [9.17, 15) is 14.9 Å². The molecule has 2 aromatic rings. The Balaban J connectivity index is 1.86. The predicted octanol–water partition coefficient (Wildman–Crippen LogP) is 3.75. The maximum Gasteiger partial charge on any atom is 0.313 e. The fourth-order valence-electron chi connectivity index (χ4n) is 4.21. The van der Waals surface area contributed by atoms with Crippen molar-refractivity contribution in [1.29, 1.82) is 0 Å². The van der Waals surface area contributed by atoms with E-state index in [4.69, 9.17) is 4.74 Å². The van der Waals surface area contributed by atoms with Gasteiger partial charge in [-0.2, -0.15) is 0 Å². The lowest BCUT2D eigenvalue weighted by molar-refractivity contribution is -0.569. The predicted molar refractivity (Wildman–Crippen MR) is 124 cm³/mol. The van der Waals surface area contributed by atoms with Crippen molar-refractivity contribution >= 4 is 5.97 Å². The third-order valence-corrected chi connectivity index (χ3v) is 5.55. The van der Waals surface area contributed by atoms with Gasteiger partial charge >= 0.3 is 5.97 Å². The highest BCUT2D eigenvalue weighted by Gasteiger charge is 2.50. The van der Waals surface area contributed by atoms with Crippen LogP contribution in [0.3, 0.4) is 0 Å². The number of nitro groups is 1. The van der Waals surface area contributed by atoms with E-state index in [1.54, 1.807) is 20.8 Å². The molecule has 0 atom stereocenters. The van der Waals surface area contributed by atoms with Gasteiger partial charge in [-0.25, -0.2) is 0 Å². The summed E-state index contributed by atoms with van der Waals surface area (Å²) in [5.74, 6) is -0.532. The Morgan fingerprint density at radius 1 is 0.938 bits per heavy atom. The van der Waals surface area contributed by atoms with E-state index in [0.717, 1.165) is 11.1 Å². The summed E-state index contributed by atoms with van der Waals surface area (Å²) in [5, 5.41) is 12.5. The smallest absolute Gasteiger partial charge is 0.313 e. The molecule has 1 heterocycles. The number of ether oxygens (including phenoxy) is 1. The Kier molecular flexibility index (Phi) is 7.64. The zero-order chi connectivity index (χ0) is 23.2. The van der Waals surface area contributed by atoms with Crippen molar-refractivity contribution in [3.63, 3.8) is 0 Å². The highest BCUT2D eigenvalue weighted by molar-refractivity contribution is 5.71. The summed E-state index contributed by atoms with van der Waals surface area (Å²) in [6, 6.07) is 19.9. The average Bonchev–Trinajstić information content (AvgIpc) is 2.88. The summed E-state index contributed by atoms with van der Waals surface area (Å²) >= 11 is 0. The van der Waals surface area contributed by atoms with Crippen LogP contribution >= 0.6 is 0 Å². The van der Waals surface area contributed by atoms with Crippen LogP contribution in [0, 0.1) is 10.1 Å². The minimum Gasteiger partial charge on any atom is -0.460 e. The fraction of sp³-hybridized carbons (Fsp3) is 0.480. The van der Waals surface area contributed by atoms with Gasteiger partial charge in [0.1, 0.15) is 12.0 Å². The van der Waals surface area contributed by atoms with Gasteiger partial charge in [0.15, 0.2) is 0 Å². The van der Waals surface area contributed by atoms with Gasteiger partial charge in [-0.05, 0) is 31.9 Å².